The molecule has 2 aliphatic rings. The highest BCUT2D eigenvalue weighted by atomic mass is 16.5. The standard InChI is InChI=1S/C12H24N2O/c1-10-4-2-6-14(12(10)8-13)11-5-3-7-15-9-11/h10-12H,2-9,13H2,1H3. The molecule has 0 aliphatic carbocycles. The maximum absolute atomic E-state index is 5.91. The summed E-state index contributed by atoms with van der Waals surface area (Å²) >= 11 is 0. The van der Waals surface area contributed by atoms with Crippen molar-refractivity contribution in [1.82, 2.24) is 4.90 Å². The molecule has 0 spiro atoms. The van der Waals surface area contributed by atoms with Gasteiger partial charge in [0, 0.05) is 25.2 Å². The molecule has 15 heavy (non-hydrogen) atoms. The van der Waals surface area contributed by atoms with Crippen LogP contribution in [0.3, 0.4) is 0 Å². The first-order valence-corrected chi connectivity index (χ1v) is 6.36. The SMILES string of the molecule is CC1CCCN(C2CCCOC2)C1CN. The molecule has 2 fully saturated rings. The molecule has 3 nitrogen and oxygen atoms in total. The topological polar surface area (TPSA) is 38.5 Å². The maximum atomic E-state index is 5.91. The fraction of sp³-hybridized carbons (Fsp3) is 1.00. The average molecular weight is 212 g/mol. The van der Waals surface area contributed by atoms with Gasteiger partial charge in [-0.1, -0.05) is 6.92 Å². The lowest BCUT2D eigenvalue weighted by atomic mass is 9.88. The Labute approximate surface area is 93.0 Å². The van der Waals surface area contributed by atoms with E-state index in [2.05, 4.69) is 11.8 Å². The largest absolute Gasteiger partial charge is 0.380 e. The van der Waals surface area contributed by atoms with Crippen LogP contribution >= 0.6 is 0 Å². The van der Waals surface area contributed by atoms with E-state index < -0.39 is 0 Å². The van der Waals surface area contributed by atoms with E-state index in [-0.39, 0.29) is 0 Å². The zero-order chi connectivity index (χ0) is 10.7. The Balaban J connectivity index is 1.97. The fourth-order valence-electron chi connectivity index (χ4n) is 3.09. The van der Waals surface area contributed by atoms with Gasteiger partial charge in [-0.15, -0.1) is 0 Å². The van der Waals surface area contributed by atoms with Gasteiger partial charge in [0.25, 0.3) is 0 Å². The highest BCUT2D eigenvalue weighted by Crippen LogP contribution is 2.27. The zero-order valence-electron chi connectivity index (χ0n) is 9.82. The number of likely N-dealkylation sites (tertiary alicyclic amines) is 1. The van der Waals surface area contributed by atoms with Gasteiger partial charge in [0.15, 0.2) is 0 Å². The van der Waals surface area contributed by atoms with E-state index in [0.717, 1.165) is 25.7 Å². The molecule has 2 heterocycles. The van der Waals surface area contributed by atoms with Gasteiger partial charge < -0.3 is 10.5 Å². The molecule has 2 aliphatic heterocycles. The molecule has 2 saturated heterocycles. The highest BCUT2D eigenvalue weighted by molar-refractivity contribution is 4.88. The number of nitrogens with zero attached hydrogens (tertiary/aromatic N) is 1. The van der Waals surface area contributed by atoms with Crippen LogP contribution in [0.4, 0.5) is 0 Å². The van der Waals surface area contributed by atoms with E-state index >= 15 is 0 Å². The summed E-state index contributed by atoms with van der Waals surface area (Å²) in [4.78, 5) is 2.62. The molecule has 88 valence electrons. The molecule has 0 saturated carbocycles. The van der Waals surface area contributed by atoms with Crippen LogP contribution in [0, 0.1) is 5.92 Å². The summed E-state index contributed by atoms with van der Waals surface area (Å²) < 4.78 is 5.58. The van der Waals surface area contributed by atoms with E-state index in [0.29, 0.717) is 12.1 Å². The van der Waals surface area contributed by atoms with E-state index in [1.54, 1.807) is 0 Å². The highest BCUT2D eigenvalue weighted by Gasteiger charge is 2.32. The third-order valence-corrected chi connectivity index (χ3v) is 4.01. The Morgan fingerprint density at radius 3 is 2.87 bits per heavy atom. The van der Waals surface area contributed by atoms with Crippen LogP contribution in [0.2, 0.25) is 0 Å². The second-order valence-electron chi connectivity index (χ2n) is 5.03. The quantitative estimate of drug-likeness (QED) is 0.748. The lowest BCUT2D eigenvalue weighted by molar-refractivity contribution is -0.0225. The van der Waals surface area contributed by atoms with Crippen molar-refractivity contribution in [3.05, 3.63) is 0 Å². The van der Waals surface area contributed by atoms with E-state index in [4.69, 9.17) is 10.5 Å². The fourth-order valence-corrected chi connectivity index (χ4v) is 3.09. The number of hydrogen-bond acceptors (Lipinski definition) is 3. The number of ether oxygens (including phenoxy) is 1. The monoisotopic (exact) mass is 212 g/mol. The van der Waals surface area contributed by atoms with Gasteiger partial charge >= 0.3 is 0 Å². The number of rotatable bonds is 2. The zero-order valence-corrected chi connectivity index (χ0v) is 9.82. The first-order valence-electron chi connectivity index (χ1n) is 6.36. The van der Waals surface area contributed by atoms with Crippen LogP contribution in [-0.4, -0.2) is 43.3 Å². The van der Waals surface area contributed by atoms with Crippen LogP contribution < -0.4 is 5.73 Å². The molecule has 3 atom stereocenters. The van der Waals surface area contributed by atoms with Crippen LogP contribution in [0.1, 0.15) is 32.6 Å². The normalized spacial score (nSPS) is 39.2. The van der Waals surface area contributed by atoms with Gasteiger partial charge in [0.05, 0.1) is 6.61 Å². The van der Waals surface area contributed by atoms with Crippen molar-refractivity contribution >= 4 is 0 Å². The van der Waals surface area contributed by atoms with Gasteiger partial charge in [0.1, 0.15) is 0 Å². The molecular formula is C12H24N2O. The van der Waals surface area contributed by atoms with Gasteiger partial charge in [-0.25, -0.2) is 0 Å². The summed E-state index contributed by atoms with van der Waals surface area (Å²) in [6.45, 7) is 6.24. The average Bonchev–Trinajstić information content (AvgIpc) is 2.30. The summed E-state index contributed by atoms with van der Waals surface area (Å²) in [7, 11) is 0. The minimum atomic E-state index is 0.588. The molecule has 3 heteroatoms. The number of nitrogens with two attached hydrogens (primary N) is 1. The molecular weight excluding hydrogens is 188 g/mol. The van der Waals surface area contributed by atoms with Crippen LogP contribution in [-0.2, 0) is 4.74 Å². The van der Waals surface area contributed by atoms with Crippen LogP contribution in [0.15, 0.2) is 0 Å². The Kier molecular flexibility index (Phi) is 4.00. The van der Waals surface area contributed by atoms with Crippen LogP contribution in [0.25, 0.3) is 0 Å². The molecule has 0 aromatic heterocycles. The lowest BCUT2D eigenvalue weighted by Gasteiger charge is -2.45. The lowest BCUT2D eigenvalue weighted by Crippen LogP contribution is -2.55. The Bertz CT molecular complexity index is 192. The van der Waals surface area contributed by atoms with Crippen molar-refractivity contribution in [3.63, 3.8) is 0 Å². The summed E-state index contributed by atoms with van der Waals surface area (Å²) in [5.74, 6) is 0.755. The molecule has 0 radical (unpaired) electrons. The summed E-state index contributed by atoms with van der Waals surface area (Å²) in [5, 5.41) is 0. The second-order valence-corrected chi connectivity index (χ2v) is 5.03. The number of piperidine rings is 1. The number of hydrogen-bond donors (Lipinski definition) is 1. The van der Waals surface area contributed by atoms with Crippen molar-refractivity contribution < 1.29 is 4.74 Å². The smallest absolute Gasteiger partial charge is 0.0621 e. The first kappa shape index (κ1) is 11.4. The van der Waals surface area contributed by atoms with Gasteiger partial charge in [0.2, 0.25) is 0 Å². The molecule has 0 aromatic carbocycles. The van der Waals surface area contributed by atoms with Crippen molar-refractivity contribution in [3.8, 4) is 0 Å². The van der Waals surface area contributed by atoms with Gasteiger partial charge in [-0.05, 0) is 38.1 Å². The molecule has 0 bridgehead atoms. The molecule has 3 unspecified atom stereocenters. The van der Waals surface area contributed by atoms with Crippen molar-refractivity contribution in [2.24, 2.45) is 11.7 Å². The minimum Gasteiger partial charge on any atom is -0.380 e. The molecule has 0 amide bonds. The van der Waals surface area contributed by atoms with Crippen LogP contribution in [0.5, 0.6) is 0 Å². The van der Waals surface area contributed by atoms with E-state index in [1.807, 2.05) is 0 Å². The van der Waals surface area contributed by atoms with E-state index in [9.17, 15) is 0 Å². The van der Waals surface area contributed by atoms with Crippen molar-refractivity contribution in [1.29, 1.82) is 0 Å². The Morgan fingerprint density at radius 1 is 1.33 bits per heavy atom. The Hall–Kier alpha value is -0.120. The predicted octanol–water partition coefficient (Wildman–Crippen LogP) is 1.22. The predicted molar refractivity (Wildman–Crippen MR) is 61.8 cm³/mol. The van der Waals surface area contributed by atoms with Crippen molar-refractivity contribution in [2.45, 2.75) is 44.7 Å². The summed E-state index contributed by atoms with van der Waals surface area (Å²) in [6, 6.07) is 1.22. The summed E-state index contributed by atoms with van der Waals surface area (Å²) in [5.41, 5.74) is 5.91. The van der Waals surface area contributed by atoms with E-state index in [1.165, 1.54) is 32.2 Å². The van der Waals surface area contributed by atoms with Gasteiger partial charge in [-0.2, -0.15) is 0 Å². The van der Waals surface area contributed by atoms with Crippen molar-refractivity contribution in [2.75, 3.05) is 26.3 Å². The third-order valence-electron chi connectivity index (χ3n) is 4.01. The second kappa shape index (κ2) is 5.28. The molecule has 0 aromatic rings. The molecule has 2 N–H and O–H groups in total. The summed E-state index contributed by atoms with van der Waals surface area (Å²) in [6.07, 6.45) is 5.18. The third kappa shape index (κ3) is 2.52. The minimum absolute atomic E-state index is 0.588. The Morgan fingerprint density at radius 2 is 2.20 bits per heavy atom. The van der Waals surface area contributed by atoms with Gasteiger partial charge in [-0.3, -0.25) is 4.90 Å². The molecule has 2 rings (SSSR count). The first-order chi connectivity index (χ1) is 7.33. The maximum Gasteiger partial charge on any atom is 0.0621 e.